The van der Waals surface area contributed by atoms with Crippen LogP contribution in [0.25, 0.3) is 0 Å². The number of hydrogen-bond donors (Lipinski definition) is 1. The van der Waals surface area contributed by atoms with Gasteiger partial charge in [0.2, 0.25) is 0 Å². The maximum absolute atomic E-state index is 12.6. The van der Waals surface area contributed by atoms with Crippen LogP contribution in [0.4, 0.5) is 5.69 Å². The van der Waals surface area contributed by atoms with Gasteiger partial charge >= 0.3 is 0 Å². The van der Waals surface area contributed by atoms with Crippen molar-refractivity contribution in [2.24, 2.45) is 4.99 Å². The zero-order valence-corrected chi connectivity index (χ0v) is 14.9. The number of nitrogens with zero attached hydrogens (tertiary/aromatic N) is 2. The van der Waals surface area contributed by atoms with Gasteiger partial charge in [0.1, 0.15) is 0 Å². The molecule has 1 N–H and O–H groups in total. The number of rotatable bonds is 3. The van der Waals surface area contributed by atoms with Crippen LogP contribution >= 0.6 is 0 Å². The molecule has 0 radical (unpaired) electrons. The Balaban J connectivity index is 1.92. The van der Waals surface area contributed by atoms with Gasteiger partial charge in [0, 0.05) is 11.9 Å². The molecule has 1 aromatic carbocycles. The van der Waals surface area contributed by atoms with E-state index in [4.69, 9.17) is 0 Å². The van der Waals surface area contributed by atoms with Crippen LogP contribution < -0.4 is 5.56 Å². The van der Waals surface area contributed by atoms with E-state index >= 15 is 0 Å². The minimum atomic E-state index is -3.04. The molecule has 1 aromatic heterocycles. The van der Waals surface area contributed by atoms with E-state index in [1.165, 1.54) is 4.68 Å². The summed E-state index contributed by atoms with van der Waals surface area (Å²) in [6.07, 6.45) is 2.03. The smallest absolute Gasteiger partial charge is 0.275 e. The number of hydrogen-bond acceptors (Lipinski definition) is 4. The fourth-order valence-corrected chi connectivity index (χ4v) is 4.83. The fraction of sp³-hybridized carbons (Fsp3) is 0.412. The van der Waals surface area contributed by atoms with Crippen molar-refractivity contribution in [2.45, 2.75) is 33.2 Å². The van der Waals surface area contributed by atoms with Gasteiger partial charge in [-0.15, -0.1) is 0 Å². The molecule has 7 heteroatoms. The summed E-state index contributed by atoms with van der Waals surface area (Å²) in [5, 5.41) is 3.00. The van der Waals surface area contributed by atoms with Crippen molar-refractivity contribution in [3.05, 3.63) is 50.9 Å². The summed E-state index contributed by atoms with van der Waals surface area (Å²) in [6.45, 7) is 5.80. The zero-order chi connectivity index (χ0) is 17.5. The summed E-state index contributed by atoms with van der Waals surface area (Å²) in [4.78, 5) is 17.0. The van der Waals surface area contributed by atoms with Gasteiger partial charge in [-0.1, -0.05) is 6.07 Å². The lowest BCUT2D eigenvalue weighted by molar-refractivity contribution is 0.483. The second-order valence-electron chi connectivity index (χ2n) is 6.49. The van der Waals surface area contributed by atoms with E-state index in [0.717, 1.165) is 16.8 Å². The van der Waals surface area contributed by atoms with Gasteiger partial charge in [0.15, 0.2) is 9.84 Å². The van der Waals surface area contributed by atoms with Crippen LogP contribution in [0.1, 0.15) is 34.8 Å². The van der Waals surface area contributed by atoms with E-state index in [0.29, 0.717) is 17.7 Å². The second kappa shape index (κ2) is 6.05. The maximum Gasteiger partial charge on any atom is 0.275 e. The van der Waals surface area contributed by atoms with Crippen molar-refractivity contribution < 1.29 is 8.42 Å². The van der Waals surface area contributed by atoms with Gasteiger partial charge in [-0.05, 0) is 50.5 Å². The molecular weight excluding hydrogens is 326 g/mol. The van der Waals surface area contributed by atoms with E-state index in [1.54, 1.807) is 13.1 Å². The molecule has 1 aliphatic rings. The Kier molecular flexibility index (Phi) is 4.21. The van der Waals surface area contributed by atoms with E-state index in [1.807, 2.05) is 26.0 Å². The van der Waals surface area contributed by atoms with Crippen LogP contribution in [0.2, 0.25) is 0 Å². The Bertz CT molecular complexity index is 947. The normalized spacial score (nSPS) is 20.0. The molecule has 3 rings (SSSR count). The summed E-state index contributed by atoms with van der Waals surface area (Å²) < 4.78 is 24.7. The molecule has 0 spiro atoms. The summed E-state index contributed by atoms with van der Waals surface area (Å²) in [7, 11) is -3.04. The second-order valence-corrected chi connectivity index (χ2v) is 8.72. The lowest BCUT2D eigenvalue weighted by Gasteiger charge is -2.07. The quantitative estimate of drug-likeness (QED) is 0.864. The highest BCUT2D eigenvalue weighted by molar-refractivity contribution is 7.91. The molecule has 0 amide bonds. The highest BCUT2D eigenvalue weighted by Gasteiger charge is 2.31. The van der Waals surface area contributed by atoms with Crippen LogP contribution in [-0.4, -0.2) is 35.9 Å². The molecule has 1 saturated heterocycles. The standard InChI is InChI=1S/C17H21N3O3S/c1-11-6-12(2)8-14(7-11)18-9-16-13(3)19-20(17(16)21)15-4-5-24(22,23)10-15/h6-9,15,19H,4-5,10H2,1-3H3/t15-/m1/s1. The van der Waals surface area contributed by atoms with Crippen molar-refractivity contribution in [3.8, 4) is 0 Å². The van der Waals surface area contributed by atoms with Gasteiger partial charge in [-0.2, -0.15) is 0 Å². The summed E-state index contributed by atoms with van der Waals surface area (Å²) in [5.41, 5.74) is 3.96. The van der Waals surface area contributed by atoms with Crippen LogP contribution in [0.5, 0.6) is 0 Å². The van der Waals surface area contributed by atoms with E-state index in [2.05, 4.69) is 16.2 Å². The minimum Gasteiger partial charge on any atom is -0.299 e. The molecule has 0 saturated carbocycles. The molecule has 0 aliphatic carbocycles. The van der Waals surface area contributed by atoms with E-state index in [-0.39, 0.29) is 23.1 Å². The molecule has 0 unspecified atom stereocenters. The number of aliphatic imine (C=N–C) groups is 1. The Hall–Kier alpha value is -2.15. The molecule has 1 aliphatic heterocycles. The molecule has 2 heterocycles. The molecule has 0 bridgehead atoms. The summed E-state index contributed by atoms with van der Waals surface area (Å²) >= 11 is 0. The van der Waals surface area contributed by atoms with Gasteiger partial charge in [-0.3, -0.25) is 14.9 Å². The van der Waals surface area contributed by atoms with Gasteiger partial charge in [0.25, 0.3) is 5.56 Å². The molecular formula is C17H21N3O3S. The molecule has 2 aromatic rings. The lowest BCUT2D eigenvalue weighted by atomic mass is 10.1. The van der Waals surface area contributed by atoms with Crippen LogP contribution in [0.15, 0.2) is 28.0 Å². The van der Waals surface area contributed by atoms with E-state index in [9.17, 15) is 13.2 Å². The first-order valence-electron chi connectivity index (χ1n) is 7.89. The minimum absolute atomic E-state index is 0.0144. The molecule has 1 atom stereocenters. The summed E-state index contributed by atoms with van der Waals surface area (Å²) in [6, 6.07) is 5.65. The van der Waals surface area contributed by atoms with Crippen molar-refractivity contribution >= 4 is 21.7 Å². The number of aryl methyl sites for hydroxylation is 3. The van der Waals surface area contributed by atoms with Crippen molar-refractivity contribution in [1.82, 2.24) is 9.78 Å². The Morgan fingerprint density at radius 3 is 2.46 bits per heavy atom. The lowest BCUT2D eigenvalue weighted by Crippen LogP contribution is -2.25. The van der Waals surface area contributed by atoms with E-state index < -0.39 is 9.84 Å². The summed E-state index contributed by atoms with van der Waals surface area (Å²) in [5.74, 6) is 0.148. The average molecular weight is 347 g/mol. The predicted octanol–water partition coefficient (Wildman–Crippen LogP) is 2.21. The highest BCUT2D eigenvalue weighted by Crippen LogP contribution is 2.22. The van der Waals surface area contributed by atoms with Crippen molar-refractivity contribution in [3.63, 3.8) is 0 Å². The average Bonchev–Trinajstić information content (AvgIpc) is 2.96. The zero-order valence-electron chi connectivity index (χ0n) is 14.0. The maximum atomic E-state index is 12.6. The first-order chi connectivity index (χ1) is 11.2. The molecule has 6 nitrogen and oxygen atoms in total. The SMILES string of the molecule is Cc1cc(C)cc(N=Cc2c(C)[nH]n([C@@H]3CCS(=O)(=O)C3)c2=O)c1. The number of H-pyrrole nitrogens is 1. The van der Waals surface area contributed by atoms with Crippen molar-refractivity contribution in [2.75, 3.05) is 11.5 Å². The molecule has 24 heavy (non-hydrogen) atoms. The number of nitrogens with one attached hydrogen (secondary N) is 1. The highest BCUT2D eigenvalue weighted by atomic mass is 32.2. The third kappa shape index (κ3) is 3.36. The predicted molar refractivity (Wildman–Crippen MR) is 95.3 cm³/mol. The number of benzene rings is 1. The number of aromatic amines is 1. The first-order valence-corrected chi connectivity index (χ1v) is 9.71. The topological polar surface area (TPSA) is 84.3 Å². The van der Waals surface area contributed by atoms with Crippen molar-refractivity contribution in [1.29, 1.82) is 0 Å². The Morgan fingerprint density at radius 2 is 1.88 bits per heavy atom. The Labute approximate surface area is 141 Å². The fourth-order valence-electron chi connectivity index (χ4n) is 3.13. The Morgan fingerprint density at radius 1 is 1.21 bits per heavy atom. The number of sulfone groups is 1. The third-order valence-electron chi connectivity index (χ3n) is 4.26. The monoisotopic (exact) mass is 347 g/mol. The molecule has 1 fully saturated rings. The van der Waals surface area contributed by atoms with Crippen LogP contribution in [0, 0.1) is 20.8 Å². The first kappa shape index (κ1) is 16.7. The van der Waals surface area contributed by atoms with Gasteiger partial charge in [0.05, 0.1) is 28.8 Å². The number of aromatic nitrogens is 2. The third-order valence-corrected chi connectivity index (χ3v) is 6.01. The molecule has 128 valence electrons. The largest absolute Gasteiger partial charge is 0.299 e. The van der Waals surface area contributed by atoms with Gasteiger partial charge < -0.3 is 0 Å². The van der Waals surface area contributed by atoms with Gasteiger partial charge in [-0.25, -0.2) is 13.1 Å². The van der Waals surface area contributed by atoms with Crippen LogP contribution in [-0.2, 0) is 9.84 Å². The van der Waals surface area contributed by atoms with Crippen LogP contribution in [0.3, 0.4) is 0 Å².